The predicted molar refractivity (Wildman–Crippen MR) is 48.7 cm³/mol. The van der Waals surface area contributed by atoms with E-state index in [1.807, 2.05) is 18.7 Å². The molecule has 0 radical (unpaired) electrons. The number of ether oxygens (including phenoxy) is 1. The Balaban J connectivity index is 2.56. The molecule has 13 heavy (non-hydrogen) atoms. The van der Waals surface area contributed by atoms with E-state index in [1.54, 1.807) is 6.92 Å². The van der Waals surface area contributed by atoms with Crippen LogP contribution in [0.15, 0.2) is 0 Å². The smallest absolute Gasteiger partial charge is 0.320 e. The molecule has 0 spiro atoms. The van der Waals surface area contributed by atoms with Crippen molar-refractivity contribution in [3.05, 3.63) is 0 Å². The number of aliphatic carboxylic acids is 1. The van der Waals surface area contributed by atoms with Crippen LogP contribution in [-0.4, -0.2) is 47.3 Å². The van der Waals surface area contributed by atoms with Crippen LogP contribution in [0.3, 0.4) is 0 Å². The highest BCUT2D eigenvalue weighted by Crippen LogP contribution is 2.18. The minimum Gasteiger partial charge on any atom is -0.480 e. The highest BCUT2D eigenvalue weighted by Gasteiger charge is 2.31. The molecule has 1 atom stereocenters. The van der Waals surface area contributed by atoms with Gasteiger partial charge in [0.25, 0.3) is 0 Å². The van der Waals surface area contributed by atoms with Crippen LogP contribution < -0.4 is 0 Å². The van der Waals surface area contributed by atoms with Gasteiger partial charge < -0.3 is 9.84 Å². The Morgan fingerprint density at radius 2 is 2.23 bits per heavy atom. The number of rotatable bonds is 2. The van der Waals surface area contributed by atoms with Crippen molar-refractivity contribution in [3.8, 4) is 0 Å². The van der Waals surface area contributed by atoms with E-state index in [4.69, 9.17) is 9.84 Å². The summed E-state index contributed by atoms with van der Waals surface area (Å²) in [4.78, 5) is 12.7. The molecule has 0 aromatic carbocycles. The van der Waals surface area contributed by atoms with Gasteiger partial charge in [0.15, 0.2) is 0 Å². The van der Waals surface area contributed by atoms with Crippen LogP contribution in [0.25, 0.3) is 0 Å². The van der Waals surface area contributed by atoms with E-state index in [-0.39, 0.29) is 5.60 Å². The number of carbonyl (C=O) groups is 1. The zero-order chi connectivity index (χ0) is 10.1. The molecule has 1 aliphatic heterocycles. The molecule has 1 unspecified atom stereocenters. The fourth-order valence-electron chi connectivity index (χ4n) is 1.54. The lowest BCUT2D eigenvalue weighted by Crippen LogP contribution is -2.53. The van der Waals surface area contributed by atoms with Gasteiger partial charge in [0, 0.05) is 13.1 Å². The summed E-state index contributed by atoms with van der Waals surface area (Å²) >= 11 is 0. The molecule has 0 bridgehead atoms. The summed E-state index contributed by atoms with van der Waals surface area (Å²) in [6, 6.07) is -0.414. The fraction of sp³-hybridized carbons (Fsp3) is 0.889. The van der Waals surface area contributed by atoms with Gasteiger partial charge in [-0.1, -0.05) is 0 Å². The third-order valence-electron chi connectivity index (χ3n) is 2.36. The number of hydrogen-bond acceptors (Lipinski definition) is 3. The second-order valence-electron chi connectivity index (χ2n) is 4.09. The maximum atomic E-state index is 10.7. The normalized spacial score (nSPS) is 25.5. The topological polar surface area (TPSA) is 49.8 Å². The maximum Gasteiger partial charge on any atom is 0.320 e. The number of hydrogen-bond donors (Lipinski definition) is 1. The van der Waals surface area contributed by atoms with Gasteiger partial charge in [-0.05, 0) is 20.8 Å². The SMILES string of the molecule is CC(C(=O)O)N1CCOC(C)(C)C1. The summed E-state index contributed by atoms with van der Waals surface area (Å²) < 4.78 is 5.49. The minimum atomic E-state index is -0.766. The Labute approximate surface area is 78.5 Å². The van der Waals surface area contributed by atoms with E-state index >= 15 is 0 Å². The van der Waals surface area contributed by atoms with Crippen molar-refractivity contribution in [3.63, 3.8) is 0 Å². The molecule has 1 N–H and O–H groups in total. The molecule has 1 heterocycles. The lowest BCUT2D eigenvalue weighted by Gasteiger charge is -2.39. The lowest BCUT2D eigenvalue weighted by atomic mass is 10.1. The van der Waals surface area contributed by atoms with E-state index in [0.29, 0.717) is 19.7 Å². The van der Waals surface area contributed by atoms with Gasteiger partial charge in [-0.15, -0.1) is 0 Å². The van der Waals surface area contributed by atoms with E-state index in [0.717, 1.165) is 0 Å². The first kappa shape index (κ1) is 10.5. The zero-order valence-electron chi connectivity index (χ0n) is 8.41. The quantitative estimate of drug-likeness (QED) is 0.686. The first-order valence-electron chi connectivity index (χ1n) is 4.53. The van der Waals surface area contributed by atoms with E-state index < -0.39 is 12.0 Å². The molecule has 1 rings (SSSR count). The molecule has 0 aliphatic carbocycles. The van der Waals surface area contributed by atoms with E-state index in [2.05, 4.69) is 0 Å². The summed E-state index contributed by atoms with van der Waals surface area (Å²) in [6.07, 6.45) is 0. The number of carboxylic acids is 1. The number of carboxylic acid groups (broad SMARTS) is 1. The average molecular weight is 187 g/mol. The highest BCUT2D eigenvalue weighted by molar-refractivity contribution is 5.72. The largest absolute Gasteiger partial charge is 0.480 e. The van der Waals surface area contributed by atoms with Crippen LogP contribution >= 0.6 is 0 Å². The monoisotopic (exact) mass is 187 g/mol. The molecule has 0 amide bonds. The Morgan fingerprint density at radius 3 is 2.69 bits per heavy atom. The van der Waals surface area contributed by atoms with Crippen molar-refractivity contribution < 1.29 is 14.6 Å². The van der Waals surface area contributed by atoms with Crippen molar-refractivity contribution in [2.24, 2.45) is 0 Å². The second-order valence-corrected chi connectivity index (χ2v) is 4.09. The van der Waals surface area contributed by atoms with Crippen molar-refractivity contribution in [1.29, 1.82) is 0 Å². The summed E-state index contributed by atoms with van der Waals surface area (Å²) in [5.41, 5.74) is -0.220. The molecule has 4 heteroatoms. The number of morpholine rings is 1. The Morgan fingerprint density at radius 1 is 1.62 bits per heavy atom. The molecule has 0 saturated carbocycles. The molecule has 1 fully saturated rings. The summed E-state index contributed by atoms with van der Waals surface area (Å²) in [5, 5.41) is 8.82. The maximum absolute atomic E-state index is 10.7. The van der Waals surface area contributed by atoms with E-state index in [1.165, 1.54) is 0 Å². The molecule has 76 valence electrons. The molecular weight excluding hydrogens is 170 g/mol. The summed E-state index contributed by atoms with van der Waals surface area (Å²) in [5.74, 6) is -0.766. The van der Waals surface area contributed by atoms with Crippen LogP contribution in [0.5, 0.6) is 0 Å². The van der Waals surface area contributed by atoms with Crippen molar-refractivity contribution >= 4 is 5.97 Å². The number of nitrogens with zero attached hydrogens (tertiary/aromatic N) is 1. The van der Waals surface area contributed by atoms with Crippen LogP contribution in [0.1, 0.15) is 20.8 Å². The van der Waals surface area contributed by atoms with Gasteiger partial charge in [0.2, 0.25) is 0 Å². The van der Waals surface area contributed by atoms with E-state index in [9.17, 15) is 4.79 Å². The minimum absolute atomic E-state index is 0.220. The summed E-state index contributed by atoms with van der Waals surface area (Å²) in [6.45, 7) is 7.67. The molecule has 0 aromatic rings. The molecule has 0 aromatic heterocycles. The zero-order valence-corrected chi connectivity index (χ0v) is 8.41. The molecule has 4 nitrogen and oxygen atoms in total. The molecular formula is C9H17NO3. The lowest BCUT2D eigenvalue weighted by molar-refractivity contribution is -0.149. The average Bonchev–Trinajstić information content (AvgIpc) is 2.01. The van der Waals surface area contributed by atoms with Crippen LogP contribution in [0.4, 0.5) is 0 Å². The van der Waals surface area contributed by atoms with Gasteiger partial charge in [0.05, 0.1) is 12.2 Å². The third-order valence-corrected chi connectivity index (χ3v) is 2.36. The van der Waals surface area contributed by atoms with Gasteiger partial charge >= 0.3 is 5.97 Å². The Hall–Kier alpha value is -0.610. The molecule has 1 aliphatic rings. The van der Waals surface area contributed by atoms with Crippen LogP contribution in [0.2, 0.25) is 0 Å². The van der Waals surface area contributed by atoms with Gasteiger partial charge in [-0.25, -0.2) is 0 Å². The van der Waals surface area contributed by atoms with Crippen LogP contribution in [0, 0.1) is 0 Å². The van der Waals surface area contributed by atoms with Crippen LogP contribution in [-0.2, 0) is 9.53 Å². The van der Waals surface area contributed by atoms with Crippen molar-refractivity contribution in [2.45, 2.75) is 32.4 Å². The Kier molecular flexibility index (Phi) is 2.93. The summed E-state index contributed by atoms with van der Waals surface area (Å²) in [7, 11) is 0. The van der Waals surface area contributed by atoms with Gasteiger partial charge in [-0.3, -0.25) is 9.69 Å². The first-order valence-corrected chi connectivity index (χ1v) is 4.53. The highest BCUT2D eigenvalue weighted by atomic mass is 16.5. The first-order chi connectivity index (χ1) is 5.92. The third kappa shape index (κ3) is 2.67. The molecule has 1 saturated heterocycles. The Bertz CT molecular complexity index is 203. The van der Waals surface area contributed by atoms with Crippen molar-refractivity contribution in [2.75, 3.05) is 19.7 Å². The van der Waals surface area contributed by atoms with Crippen molar-refractivity contribution in [1.82, 2.24) is 4.90 Å². The fourth-order valence-corrected chi connectivity index (χ4v) is 1.54. The standard InChI is InChI=1S/C9H17NO3/c1-7(8(11)12)10-4-5-13-9(2,3)6-10/h7H,4-6H2,1-3H3,(H,11,12). The predicted octanol–water partition coefficient (Wildman–Crippen LogP) is 0.570. The second kappa shape index (κ2) is 3.64. The van der Waals surface area contributed by atoms with Gasteiger partial charge in [0.1, 0.15) is 6.04 Å². The van der Waals surface area contributed by atoms with Gasteiger partial charge in [-0.2, -0.15) is 0 Å².